The van der Waals surface area contributed by atoms with Crippen molar-refractivity contribution in [2.45, 2.75) is 52.9 Å². The first-order valence-electron chi connectivity index (χ1n) is 14.5. The molecule has 7 rings (SSSR count). The fourth-order valence-electron chi connectivity index (χ4n) is 6.81. The summed E-state index contributed by atoms with van der Waals surface area (Å²) >= 11 is 0. The third kappa shape index (κ3) is 4.35. The minimum absolute atomic E-state index is 0.0840. The van der Waals surface area contributed by atoms with Crippen molar-refractivity contribution >= 4 is 23.1 Å². The number of carbonyl (C=O) groups excluding carboxylic acids is 1. The van der Waals surface area contributed by atoms with E-state index in [9.17, 15) is 14.7 Å². The largest absolute Gasteiger partial charge is 0.392 e. The van der Waals surface area contributed by atoms with Gasteiger partial charge in [-0.1, -0.05) is 13.8 Å². The Bertz CT molecular complexity index is 1800. The summed E-state index contributed by atoms with van der Waals surface area (Å²) < 4.78 is 5.66. The molecule has 218 valence electrons. The number of aliphatic hydroxyl groups excluding tert-OH is 1. The van der Waals surface area contributed by atoms with E-state index in [0.717, 1.165) is 38.2 Å². The lowest BCUT2D eigenvalue weighted by molar-refractivity contribution is 0.0963. The number of amides is 1. The van der Waals surface area contributed by atoms with E-state index in [0.29, 0.717) is 52.7 Å². The van der Waals surface area contributed by atoms with Crippen LogP contribution in [0.3, 0.4) is 0 Å². The third-order valence-corrected chi connectivity index (χ3v) is 8.85. The first-order valence-corrected chi connectivity index (χ1v) is 14.5. The second-order valence-electron chi connectivity index (χ2n) is 12.6. The number of nitrogens with one attached hydrogen (secondary N) is 1. The van der Waals surface area contributed by atoms with Crippen molar-refractivity contribution < 1.29 is 9.90 Å². The van der Waals surface area contributed by atoms with Gasteiger partial charge in [-0.15, -0.1) is 0 Å². The molecule has 4 aromatic heterocycles. The molecule has 2 aliphatic heterocycles. The maximum atomic E-state index is 13.8. The van der Waals surface area contributed by atoms with Gasteiger partial charge >= 0.3 is 0 Å². The zero-order valence-electron chi connectivity index (χ0n) is 24.5. The molecule has 0 saturated heterocycles. The summed E-state index contributed by atoms with van der Waals surface area (Å²) in [6, 6.07) is 5.78. The zero-order chi connectivity index (χ0) is 29.3. The Kier molecular flexibility index (Phi) is 6.14. The highest BCUT2D eigenvalue weighted by Crippen LogP contribution is 2.40. The Labute approximate surface area is 244 Å². The van der Waals surface area contributed by atoms with Gasteiger partial charge in [0, 0.05) is 74.1 Å². The number of likely N-dealkylation sites (N-methyl/N-ethyl adjacent to an activating group) is 1. The summed E-state index contributed by atoms with van der Waals surface area (Å²) in [7, 11) is 3.77. The van der Waals surface area contributed by atoms with Gasteiger partial charge in [0.2, 0.25) is 0 Å². The molecule has 1 aliphatic carbocycles. The highest BCUT2D eigenvalue weighted by Gasteiger charge is 2.37. The number of rotatable bonds is 5. The SMILES string of the molecule is CN1CCn2nc(Nc3cc(-c4cncc(N5CCn6c(cc7c6CC(C)(C)C7)C5=O)c4CO)cn(C)c3=O)cc2C1. The van der Waals surface area contributed by atoms with Crippen molar-refractivity contribution in [2.24, 2.45) is 12.5 Å². The molecular formula is C31H36N8O3. The predicted molar refractivity (Wildman–Crippen MR) is 160 cm³/mol. The molecule has 0 bridgehead atoms. The van der Waals surface area contributed by atoms with Crippen molar-refractivity contribution in [1.29, 1.82) is 0 Å². The summed E-state index contributed by atoms with van der Waals surface area (Å²) in [6.07, 6.45) is 7.00. The number of aryl methyl sites for hydroxylation is 1. The monoisotopic (exact) mass is 568 g/mol. The van der Waals surface area contributed by atoms with Gasteiger partial charge in [0.25, 0.3) is 11.5 Å². The van der Waals surface area contributed by atoms with Crippen LogP contribution >= 0.6 is 0 Å². The number of carbonyl (C=O) groups is 1. The zero-order valence-corrected chi connectivity index (χ0v) is 24.5. The summed E-state index contributed by atoms with van der Waals surface area (Å²) in [5.74, 6) is 0.528. The van der Waals surface area contributed by atoms with Crippen LogP contribution in [0.15, 0.2) is 41.6 Å². The average Bonchev–Trinajstić information content (AvgIpc) is 3.60. The van der Waals surface area contributed by atoms with Gasteiger partial charge in [0.15, 0.2) is 5.82 Å². The van der Waals surface area contributed by atoms with Crippen LogP contribution in [-0.4, -0.2) is 59.9 Å². The van der Waals surface area contributed by atoms with Crippen LogP contribution in [-0.2, 0) is 46.1 Å². The topological polar surface area (TPSA) is 113 Å². The molecule has 11 heteroatoms. The predicted octanol–water partition coefficient (Wildman–Crippen LogP) is 2.91. The highest BCUT2D eigenvalue weighted by molar-refractivity contribution is 6.07. The first kappa shape index (κ1) is 26.7. The molecule has 3 aliphatic rings. The minimum Gasteiger partial charge on any atom is -0.392 e. The molecule has 0 unspecified atom stereocenters. The van der Waals surface area contributed by atoms with Crippen LogP contribution in [0.1, 0.15) is 46.9 Å². The molecule has 0 atom stereocenters. The fraction of sp³-hybridized carbons (Fsp3) is 0.419. The number of hydrogen-bond donors (Lipinski definition) is 2. The van der Waals surface area contributed by atoms with Crippen LogP contribution in [0.4, 0.5) is 17.2 Å². The number of anilines is 3. The Morgan fingerprint density at radius 2 is 1.86 bits per heavy atom. The summed E-state index contributed by atoms with van der Waals surface area (Å²) in [5.41, 5.74) is 7.25. The highest BCUT2D eigenvalue weighted by atomic mass is 16.3. The lowest BCUT2D eigenvalue weighted by Gasteiger charge is -2.31. The van der Waals surface area contributed by atoms with Crippen molar-refractivity contribution in [3.8, 4) is 11.1 Å². The van der Waals surface area contributed by atoms with Crippen molar-refractivity contribution in [3.63, 3.8) is 0 Å². The average molecular weight is 569 g/mol. The summed E-state index contributed by atoms with van der Waals surface area (Å²) in [4.78, 5) is 35.3. The minimum atomic E-state index is -0.282. The van der Waals surface area contributed by atoms with E-state index in [1.807, 2.05) is 16.8 Å². The molecule has 0 fully saturated rings. The molecule has 4 aromatic rings. The summed E-state index contributed by atoms with van der Waals surface area (Å²) in [6.45, 7) is 7.95. The van der Waals surface area contributed by atoms with Gasteiger partial charge in [-0.2, -0.15) is 5.10 Å². The maximum absolute atomic E-state index is 13.8. The van der Waals surface area contributed by atoms with Crippen LogP contribution in [0, 0.1) is 5.41 Å². The molecular weight excluding hydrogens is 532 g/mol. The molecule has 2 N–H and O–H groups in total. The van der Waals surface area contributed by atoms with Gasteiger partial charge in [-0.25, -0.2) is 0 Å². The van der Waals surface area contributed by atoms with Gasteiger partial charge in [0.1, 0.15) is 11.4 Å². The molecule has 6 heterocycles. The second kappa shape index (κ2) is 9.67. The van der Waals surface area contributed by atoms with E-state index in [4.69, 9.17) is 0 Å². The molecule has 0 aromatic carbocycles. The molecule has 0 radical (unpaired) electrons. The number of aliphatic hydroxyl groups is 1. The van der Waals surface area contributed by atoms with Gasteiger partial charge in [-0.05, 0) is 43.0 Å². The van der Waals surface area contributed by atoms with E-state index < -0.39 is 0 Å². The van der Waals surface area contributed by atoms with E-state index in [1.54, 1.807) is 36.6 Å². The van der Waals surface area contributed by atoms with Crippen molar-refractivity contribution in [2.75, 3.05) is 30.4 Å². The third-order valence-electron chi connectivity index (χ3n) is 8.85. The smallest absolute Gasteiger partial charge is 0.275 e. The standard InChI is InChI=1S/C31H36N8O3/c1-31(2)12-19-10-25-30(42)38(7-6-37(25)26(19)13-31)27-15-32-14-22(23(27)18-40)20-9-24(29(41)36(4)16-20)33-28-11-21-17-35(3)5-8-39(21)34-28/h9-11,14-16,40H,5-8,12-13,17-18H2,1-4H3,(H,33,34). The number of pyridine rings is 2. The Morgan fingerprint density at radius 3 is 2.67 bits per heavy atom. The number of hydrogen-bond acceptors (Lipinski definition) is 7. The maximum Gasteiger partial charge on any atom is 0.275 e. The molecule has 11 nitrogen and oxygen atoms in total. The first-order chi connectivity index (χ1) is 20.1. The lowest BCUT2D eigenvalue weighted by Crippen LogP contribution is -2.41. The summed E-state index contributed by atoms with van der Waals surface area (Å²) in [5, 5.41) is 18.5. The molecule has 0 spiro atoms. The quantitative estimate of drug-likeness (QED) is 0.381. The van der Waals surface area contributed by atoms with Crippen molar-refractivity contribution in [3.05, 3.63) is 75.4 Å². The van der Waals surface area contributed by atoms with Crippen LogP contribution in [0.5, 0.6) is 0 Å². The van der Waals surface area contributed by atoms with Gasteiger partial charge in [-0.3, -0.25) is 24.2 Å². The van der Waals surface area contributed by atoms with E-state index >= 15 is 0 Å². The second-order valence-corrected chi connectivity index (χ2v) is 12.6. The normalized spacial score (nSPS) is 17.7. The van der Waals surface area contributed by atoms with Gasteiger partial charge < -0.3 is 24.5 Å². The fourth-order valence-corrected chi connectivity index (χ4v) is 6.81. The Morgan fingerprint density at radius 1 is 1.02 bits per heavy atom. The van der Waals surface area contributed by atoms with Gasteiger partial charge in [0.05, 0.1) is 30.7 Å². The number of aromatic nitrogens is 5. The molecule has 0 saturated carbocycles. The molecule has 42 heavy (non-hydrogen) atoms. The Hall–Kier alpha value is -4.22. The number of fused-ring (bicyclic) bond motifs is 4. The van der Waals surface area contributed by atoms with Crippen LogP contribution in [0.25, 0.3) is 11.1 Å². The Balaban J connectivity index is 1.23. The molecule has 1 amide bonds. The van der Waals surface area contributed by atoms with E-state index in [-0.39, 0.29) is 23.5 Å². The van der Waals surface area contributed by atoms with Crippen molar-refractivity contribution in [1.82, 2.24) is 28.8 Å². The van der Waals surface area contributed by atoms with E-state index in [1.165, 1.54) is 15.8 Å². The lowest BCUT2D eigenvalue weighted by atomic mass is 9.90. The van der Waals surface area contributed by atoms with Crippen LogP contribution in [0.2, 0.25) is 0 Å². The van der Waals surface area contributed by atoms with E-state index in [2.05, 4.69) is 45.8 Å². The number of nitrogens with zero attached hydrogens (tertiary/aromatic N) is 7. The van der Waals surface area contributed by atoms with Crippen LogP contribution < -0.4 is 15.8 Å².